The fourth-order valence-electron chi connectivity index (χ4n) is 3.25. The molecule has 3 aromatic carbocycles. The van der Waals surface area contributed by atoms with Crippen molar-refractivity contribution >= 4 is 44.5 Å². The molecule has 0 unspecified atom stereocenters. The highest BCUT2D eigenvalue weighted by Crippen LogP contribution is 2.38. The Labute approximate surface area is 198 Å². The molecule has 33 heavy (non-hydrogen) atoms. The second-order valence-corrected chi connectivity index (χ2v) is 8.43. The maximum absolute atomic E-state index is 13.8. The molecule has 0 amide bonds. The van der Waals surface area contributed by atoms with Gasteiger partial charge in [0.15, 0.2) is 0 Å². The topological polar surface area (TPSA) is 56.5 Å². The summed E-state index contributed by atoms with van der Waals surface area (Å²) in [5, 5.41) is 0.443. The van der Waals surface area contributed by atoms with Crippen LogP contribution in [0.4, 0.5) is 13.2 Å². The summed E-state index contributed by atoms with van der Waals surface area (Å²) in [6.07, 6.45) is -4.99. The molecule has 0 bridgehead atoms. The number of rotatable bonds is 4. The lowest BCUT2D eigenvalue weighted by Crippen LogP contribution is -2.16. The summed E-state index contributed by atoms with van der Waals surface area (Å²) in [7, 11) is 0. The van der Waals surface area contributed by atoms with Gasteiger partial charge >= 0.3 is 12.1 Å². The van der Waals surface area contributed by atoms with E-state index in [1.165, 1.54) is 36.4 Å². The number of hydrogen-bond acceptors (Lipinski definition) is 4. The number of hydrogen-bond donors (Lipinski definition) is 0. The average Bonchev–Trinajstić information content (AvgIpc) is 2.75. The number of benzene rings is 3. The normalized spacial score (nSPS) is 11.5. The van der Waals surface area contributed by atoms with Crippen molar-refractivity contribution in [2.75, 3.05) is 0 Å². The Hall–Kier alpha value is -3.10. The maximum Gasteiger partial charge on any atom is 0.450 e. The predicted octanol–water partition coefficient (Wildman–Crippen LogP) is 7.04. The van der Waals surface area contributed by atoms with Gasteiger partial charge in [-0.3, -0.25) is 9.59 Å². The van der Waals surface area contributed by atoms with E-state index in [0.29, 0.717) is 15.1 Å². The standard InChI is InChI=1S/C24H13BrClF3O4/c25-15-5-3-14(4-6-15)21-22(31)18-10-9-17(12-19(18)33-23(21)24(27,28)29)32-20(30)11-13-1-7-16(26)8-2-13/h1-10,12H,11H2. The third kappa shape index (κ3) is 5.12. The molecular formula is C24H13BrClF3O4. The van der Waals surface area contributed by atoms with Crippen LogP contribution in [0.2, 0.25) is 5.02 Å². The Morgan fingerprint density at radius 3 is 2.30 bits per heavy atom. The molecule has 168 valence electrons. The molecular weight excluding hydrogens is 525 g/mol. The number of alkyl halides is 3. The van der Waals surface area contributed by atoms with E-state index < -0.39 is 28.9 Å². The first-order chi connectivity index (χ1) is 15.6. The predicted molar refractivity (Wildman–Crippen MR) is 121 cm³/mol. The monoisotopic (exact) mass is 536 g/mol. The molecule has 0 spiro atoms. The Kier molecular flexibility index (Phi) is 6.32. The van der Waals surface area contributed by atoms with Crippen LogP contribution in [0.1, 0.15) is 11.3 Å². The van der Waals surface area contributed by atoms with E-state index in [1.807, 2.05) is 0 Å². The third-order valence-corrected chi connectivity index (χ3v) is 5.53. The van der Waals surface area contributed by atoms with E-state index in [-0.39, 0.29) is 28.7 Å². The quantitative estimate of drug-likeness (QED) is 0.207. The minimum absolute atomic E-state index is 0.0471. The lowest BCUT2D eigenvalue weighted by atomic mass is 10.0. The van der Waals surface area contributed by atoms with Crippen molar-refractivity contribution < 1.29 is 27.1 Å². The average molecular weight is 538 g/mol. The van der Waals surface area contributed by atoms with Crippen LogP contribution in [0.25, 0.3) is 22.1 Å². The van der Waals surface area contributed by atoms with Crippen LogP contribution in [-0.4, -0.2) is 5.97 Å². The largest absolute Gasteiger partial charge is 0.450 e. The summed E-state index contributed by atoms with van der Waals surface area (Å²) >= 11 is 9.03. The van der Waals surface area contributed by atoms with E-state index in [1.54, 1.807) is 24.3 Å². The van der Waals surface area contributed by atoms with Gasteiger partial charge in [-0.15, -0.1) is 0 Å². The first kappa shape index (κ1) is 23.1. The van der Waals surface area contributed by atoms with Crippen LogP contribution in [0.15, 0.2) is 80.4 Å². The summed E-state index contributed by atoms with van der Waals surface area (Å²) in [6, 6.07) is 16.1. The smallest absolute Gasteiger partial charge is 0.450 e. The summed E-state index contributed by atoms with van der Waals surface area (Å²) in [5.41, 5.74) is -1.06. The molecule has 0 fully saturated rings. The molecule has 1 heterocycles. The molecule has 0 radical (unpaired) electrons. The van der Waals surface area contributed by atoms with Crippen molar-refractivity contribution in [1.82, 2.24) is 0 Å². The molecule has 0 aliphatic carbocycles. The van der Waals surface area contributed by atoms with E-state index in [9.17, 15) is 22.8 Å². The van der Waals surface area contributed by atoms with Crippen LogP contribution in [-0.2, 0) is 17.4 Å². The summed E-state index contributed by atoms with van der Waals surface area (Å²) in [4.78, 5) is 25.2. The number of ether oxygens (including phenoxy) is 1. The van der Waals surface area contributed by atoms with Gasteiger partial charge in [0.05, 0.1) is 17.4 Å². The molecule has 1 aromatic heterocycles. The molecule has 0 saturated carbocycles. The van der Waals surface area contributed by atoms with Gasteiger partial charge in [0.1, 0.15) is 11.3 Å². The molecule has 0 atom stereocenters. The maximum atomic E-state index is 13.8. The number of fused-ring (bicyclic) bond motifs is 1. The third-order valence-electron chi connectivity index (χ3n) is 4.75. The van der Waals surface area contributed by atoms with Crippen molar-refractivity contribution in [3.05, 3.63) is 97.8 Å². The molecule has 4 aromatic rings. The van der Waals surface area contributed by atoms with Crippen LogP contribution in [0, 0.1) is 0 Å². The van der Waals surface area contributed by atoms with Crippen LogP contribution < -0.4 is 10.2 Å². The highest BCUT2D eigenvalue weighted by atomic mass is 79.9. The fourth-order valence-corrected chi connectivity index (χ4v) is 3.64. The van der Waals surface area contributed by atoms with Gasteiger partial charge in [0.2, 0.25) is 11.2 Å². The Bertz CT molecular complexity index is 1400. The van der Waals surface area contributed by atoms with Gasteiger partial charge in [-0.25, -0.2) is 0 Å². The fraction of sp³-hybridized carbons (Fsp3) is 0.0833. The highest BCUT2D eigenvalue weighted by molar-refractivity contribution is 9.10. The first-order valence-corrected chi connectivity index (χ1v) is 10.7. The second kappa shape index (κ2) is 9.03. The van der Waals surface area contributed by atoms with Crippen LogP contribution in [0.3, 0.4) is 0 Å². The van der Waals surface area contributed by atoms with Gasteiger partial charge in [-0.05, 0) is 47.5 Å². The van der Waals surface area contributed by atoms with Crippen molar-refractivity contribution in [2.24, 2.45) is 0 Å². The SMILES string of the molecule is O=C(Cc1ccc(Cl)cc1)Oc1ccc2c(=O)c(-c3ccc(Br)cc3)c(C(F)(F)F)oc2c1. The van der Waals surface area contributed by atoms with E-state index in [0.717, 1.165) is 6.07 Å². The number of esters is 1. The highest BCUT2D eigenvalue weighted by Gasteiger charge is 2.39. The Morgan fingerprint density at radius 2 is 1.67 bits per heavy atom. The number of halogens is 5. The van der Waals surface area contributed by atoms with Crippen LogP contribution in [0.5, 0.6) is 5.75 Å². The molecule has 0 aliphatic rings. The van der Waals surface area contributed by atoms with Gasteiger partial charge in [-0.2, -0.15) is 13.2 Å². The van der Waals surface area contributed by atoms with Gasteiger partial charge in [-0.1, -0.05) is 51.8 Å². The minimum Gasteiger partial charge on any atom is -0.450 e. The van der Waals surface area contributed by atoms with E-state index >= 15 is 0 Å². The lowest BCUT2D eigenvalue weighted by Gasteiger charge is -2.13. The van der Waals surface area contributed by atoms with E-state index in [4.69, 9.17) is 20.8 Å². The van der Waals surface area contributed by atoms with Crippen molar-refractivity contribution in [1.29, 1.82) is 0 Å². The van der Waals surface area contributed by atoms with Crippen molar-refractivity contribution in [2.45, 2.75) is 12.6 Å². The Morgan fingerprint density at radius 1 is 1.00 bits per heavy atom. The summed E-state index contributed by atoms with van der Waals surface area (Å²) < 4.78 is 52.3. The molecule has 0 N–H and O–H groups in total. The number of carbonyl (C=O) groups is 1. The molecule has 4 nitrogen and oxygen atoms in total. The van der Waals surface area contributed by atoms with Crippen LogP contribution >= 0.6 is 27.5 Å². The second-order valence-electron chi connectivity index (χ2n) is 7.08. The Balaban J connectivity index is 1.72. The van der Waals surface area contributed by atoms with Gasteiger partial charge in [0, 0.05) is 15.6 Å². The summed E-state index contributed by atoms with van der Waals surface area (Å²) in [6.45, 7) is 0. The molecule has 4 rings (SSSR count). The summed E-state index contributed by atoms with van der Waals surface area (Å²) in [5.74, 6) is -2.11. The first-order valence-electron chi connectivity index (χ1n) is 9.51. The molecule has 9 heteroatoms. The van der Waals surface area contributed by atoms with E-state index in [2.05, 4.69) is 15.9 Å². The molecule has 0 saturated heterocycles. The zero-order valence-corrected chi connectivity index (χ0v) is 18.9. The minimum atomic E-state index is -4.92. The zero-order chi connectivity index (χ0) is 23.8. The number of carbonyl (C=O) groups excluding carboxylic acids is 1. The molecule has 0 aliphatic heterocycles. The van der Waals surface area contributed by atoms with Crippen molar-refractivity contribution in [3.8, 4) is 16.9 Å². The zero-order valence-electron chi connectivity index (χ0n) is 16.6. The lowest BCUT2D eigenvalue weighted by molar-refractivity contribution is -0.152. The van der Waals surface area contributed by atoms with Gasteiger partial charge < -0.3 is 9.15 Å². The van der Waals surface area contributed by atoms with Gasteiger partial charge in [0.25, 0.3) is 0 Å². The van der Waals surface area contributed by atoms with Crippen molar-refractivity contribution in [3.63, 3.8) is 0 Å².